The second-order valence-electron chi connectivity index (χ2n) is 5.42. The summed E-state index contributed by atoms with van der Waals surface area (Å²) in [7, 11) is 1.69. The van der Waals surface area contributed by atoms with E-state index >= 15 is 0 Å². The van der Waals surface area contributed by atoms with Gasteiger partial charge in [-0.15, -0.1) is 11.3 Å². The van der Waals surface area contributed by atoms with Gasteiger partial charge in [-0.2, -0.15) is 0 Å². The summed E-state index contributed by atoms with van der Waals surface area (Å²) in [6.07, 6.45) is 0.846. The average molecular weight is 331 g/mol. The van der Waals surface area contributed by atoms with E-state index in [1.165, 1.54) is 11.3 Å². The third kappa shape index (κ3) is 3.25. The highest BCUT2D eigenvalue weighted by Gasteiger charge is 2.40. The van der Waals surface area contributed by atoms with Crippen molar-refractivity contribution in [2.75, 3.05) is 19.0 Å². The van der Waals surface area contributed by atoms with Crippen LogP contribution in [0.3, 0.4) is 0 Å². The molecule has 120 valence electrons. The molecule has 1 aliphatic rings. The molecule has 1 fully saturated rings. The van der Waals surface area contributed by atoms with Crippen molar-refractivity contribution in [2.45, 2.75) is 19.1 Å². The Morgan fingerprint density at radius 2 is 2.13 bits per heavy atom. The Hall–Kier alpha value is -2.25. The van der Waals surface area contributed by atoms with Crippen LogP contribution >= 0.6 is 11.3 Å². The van der Waals surface area contributed by atoms with Crippen LogP contribution in [0.5, 0.6) is 0 Å². The molecule has 6 nitrogen and oxygen atoms in total. The van der Waals surface area contributed by atoms with Gasteiger partial charge in [-0.25, -0.2) is 4.98 Å². The largest absolute Gasteiger partial charge is 0.356 e. The van der Waals surface area contributed by atoms with Gasteiger partial charge in [0.05, 0.1) is 6.04 Å². The lowest BCUT2D eigenvalue weighted by atomic mass is 9.97. The minimum atomic E-state index is -0.774. The predicted octanol–water partition coefficient (Wildman–Crippen LogP) is 1.99. The minimum absolute atomic E-state index is 0.102. The molecule has 0 unspecified atom stereocenters. The van der Waals surface area contributed by atoms with Crippen LogP contribution in [0.25, 0.3) is 0 Å². The molecule has 23 heavy (non-hydrogen) atoms. The fourth-order valence-electron chi connectivity index (χ4n) is 2.56. The van der Waals surface area contributed by atoms with Crippen LogP contribution in [-0.4, -0.2) is 41.5 Å². The zero-order valence-corrected chi connectivity index (χ0v) is 13.7. The van der Waals surface area contributed by atoms with Crippen LogP contribution < -0.4 is 5.32 Å². The highest BCUT2D eigenvalue weighted by atomic mass is 32.1. The number of anilines is 1. The van der Waals surface area contributed by atoms with Crippen molar-refractivity contribution in [3.05, 3.63) is 47.0 Å². The molecular weight excluding hydrogens is 314 g/mol. The summed E-state index contributed by atoms with van der Waals surface area (Å²) >= 11 is 1.34. The van der Waals surface area contributed by atoms with E-state index in [2.05, 4.69) is 10.3 Å². The van der Waals surface area contributed by atoms with E-state index in [0.717, 1.165) is 11.1 Å². The average Bonchev–Trinajstić information content (AvgIpc) is 3.04. The molecule has 1 aromatic heterocycles. The van der Waals surface area contributed by atoms with Gasteiger partial charge in [0.2, 0.25) is 5.91 Å². The third-order valence-corrected chi connectivity index (χ3v) is 4.51. The third-order valence-electron chi connectivity index (χ3n) is 3.82. The monoisotopic (exact) mass is 331 g/mol. The molecule has 2 amide bonds. The summed E-state index contributed by atoms with van der Waals surface area (Å²) in [6.45, 7) is 1.89. The summed E-state index contributed by atoms with van der Waals surface area (Å²) in [6, 6.07) is 7.29. The minimum Gasteiger partial charge on any atom is -0.356 e. The summed E-state index contributed by atoms with van der Waals surface area (Å²) < 4.78 is 5.54. The molecule has 7 heteroatoms. The van der Waals surface area contributed by atoms with Crippen molar-refractivity contribution < 1.29 is 14.3 Å². The van der Waals surface area contributed by atoms with E-state index < -0.39 is 12.1 Å². The van der Waals surface area contributed by atoms with E-state index in [0.29, 0.717) is 5.13 Å². The highest BCUT2D eigenvalue weighted by Crippen LogP contribution is 2.30. The van der Waals surface area contributed by atoms with Gasteiger partial charge in [0.25, 0.3) is 5.91 Å². The number of hydrogen-bond acceptors (Lipinski definition) is 5. The number of carbonyl (C=O) groups is 2. The zero-order chi connectivity index (χ0) is 16.4. The molecule has 2 aromatic rings. The van der Waals surface area contributed by atoms with Gasteiger partial charge in [-0.1, -0.05) is 29.8 Å². The van der Waals surface area contributed by atoms with Gasteiger partial charge in [-0.05, 0) is 12.5 Å². The molecule has 0 bridgehead atoms. The van der Waals surface area contributed by atoms with Crippen molar-refractivity contribution in [1.82, 2.24) is 9.88 Å². The molecule has 1 N–H and O–H groups in total. The lowest BCUT2D eigenvalue weighted by Gasteiger charge is -2.38. The van der Waals surface area contributed by atoms with Crippen molar-refractivity contribution in [3.63, 3.8) is 0 Å². The Kier molecular flexibility index (Phi) is 4.40. The van der Waals surface area contributed by atoms with Gasteiger partial charge < -0.3 is 9.64 Å². The van der Waals surface area contributed by atoms with Gasteiger partial charge in [0.1, 0.15) is 6.61 Å². The number of carbonyl (C=O) groups excluding carboxylic acids is 2. The van der Waals surface area contributed by atoms with Crippen LogP contribution in [0.15, 0.2) is 35.8 Å². The number of aromatic nitrogens is 1. The maximum absolute atomic E-state index is 12.6. The predicted molar refractivity (Wildman–Crippen MR) is 87.2 cm³/mol. The molecule has 0 spiro atoms. The maximum atomic E-state index is 12.6. The Morgan fingerprint density at radius 1 is 1.39 bits per heavy atom. The first-order valence-corrected chi connectivity index (χ1v) is 8.08. The fourth-order valence-corrected chi connectivity index (χ4v) is 3.09. The lowest BCUT2D eigenvalue weighted by Crippen LogP contribution is -2.51. The summed E-state index contributed by atoms with van der Waals surface area (Å²) in [5.74, 6) is -0.446. The number of ether oxygens (including phenoxy) is 1. The number of aryl methyl sites for hydroxylation is 1. The van der Waals surface area contributed by atoms with Crippen LogP contribution in [-0.2, 0) is 14.3 Å². The van der Waals surface area contributed by atoms with E-state index in [-0.39, 0.29) is 18.4 Å². The van der Waals surface area contributed by atoms with E-state index in [4.69, 9.17) is 4.74 Å². The number of amides is 2. The van der Waals surface area contributed by atoms with Crippen molar-refractivity contribution in [3.8, 4) is 0 Å². The Morgan fingerprint density at radius 3 is 2.78 bits per heavy atom. The molecule has 1 saturated heterocycles. The van der Waals surface area contributed by atoms with Crippen molar-refractivity contribution >= 4 is 28.3 Å². The number of morpholine rings is 1. The van der Waals surface area contributed by atoms with E-state index in [9.17, 15) is 9.59 Å². The second kappa shape index (κ2) is 6.47. The zero-order valence-electron chi connectivity index (χ0n) is 12.9. The molecule has 0 saturated carbocycles. The number of likely N-dealkylation sites (N-methyl/N-ethyl adjacent to an activating group) is 1. The second-order valence-corrected chi connectivity index (χ2v) is 6.31. The van der Waals surface area contributed by atoms with E-state index in [1.54, 1.807) is 23.5 Å². The summed E-state index contributed by atoms with van der Waals surface area (Å²) in [5, 5.41) is 5.04. The molecule has 0 aliphatic carbocycles. The van der Waals surface area contributed by atoms with Crippen LogP contribution in [0.1, 0.15) is 17.2 Å². The number of thiazole rings is 1. The van der Waals surface area contributed by atoms with Crippen molar-refractivity contribution in [1.29, 1.82) is 0 Å². The summed E-state index contributed by atoms with van der Waals surface area (Å²) in [5.41, 5.74) is 1.98. The first-order valence-electron chi connectivity index (χ1n) is 7.20. The molecule has 1 aliphatic heterocycles. The maximum Gasteiger partial charge on any atom is 0.257 e. The van der Waals surface area contributed by atoms with Crippen LogP contribution in [0.4, 0.5) is 5.13 Å². The summed E-state index contributed by atoms with van der Waals surface area (Å²) in [4.78, 5) is 30.2. The van der Waals surface area contributed by atoms with Gasteiger partial charge in [-0.3, -0.25) is 14.9 Å². The normalized spacial score (nSPS) is 21.3. The molecule has 3 rings (SSSR count). The van der Waals surface area contributed by atoms with Crippen LogP contribution in [0.2, 0.25) is 0 Å². The highest BCUT2D eigenvalue weighted by molar-refractivity contribution is 7.13. The number of hydrogen-bond donors (Lipinski definition) is 1. The Labute approximate surface area is 138 Å². The van der Waals surface area contributed by atoms with Gasteiger partial charge in [0, 0.05) is 18.6 Å². The SMILES string of the molecule is Cc1ccc([C@H]2[C@@H](C(=O)Nc3nccs3)OCC(=O)N2C)cc1. The number of rotatable bonds is 3. The molecule has 2 heterocycles. The lowest BCUT2D eigenvalue weighted by molar-refractivity contribution is -0.160. The fraction of sp³-hybridized carbons (Fsp3) is 0.312. The van der Waals surface area contributed by atoms with E-state index in [1.807, 2.05) is 31.2 Å². The first-order chi connectivity index (χ1) is 11.1. The standard InChI is InChI=1S/C16H17N3O3S/c1-10-3-5-11(6-4-10)13-14(22-9-12(20)19(13)2)15(21)18-16-17-7-8-23-16/h3-8,13-14H,9H2,1-2H3,(H,17,18,21)/t13-,14-/m0/s1. The van der Waals surface area contributed by atoms with Crippen molar-refractivity contribution in [2.24, 2.45) is 0 Å². The number of benzene rings is 1. The van der Waals surface area contributed by atoms with Gasteiger partial charge in [0.15, 0.2) is 11.2 Å². The topological polar surface area (TPSA) is 71.5 Å². The molecule has 1 aromatic carbocycles. The number of nitrogens with one attached hydrogen (secondary N) is 1. The quantitative estimate of drug-likeness (QED) is 0.934. The Bertz CT molecular complexity index is 700. The first kappa shape index (κ1) is 15.6. The Balaban J connectivity index is 1.88. The number of nitrogens with zero attached hydrogens (tertiary/aromatic N) is 2. The molecular formula is C16H17N3O3S. The van der Waals surface area contributed by atoms with Gasteiger partial charge >= 0.3 is 0 Å². The smallest absolute Gasteiger partial charge is 0.257 e. The molecule has 0 radical (unpaired) electrons. The molecule has 2 atom stereocenters. The van der Waals surface area contributed by atoms with Crippen LogP contribution in [0, 0.1) is 6.92 Å².